The summed E-state index contributed by atoms with van der Waals surface area (Å²) >= 11 is 0. The highest BCUT2D eigenvalue weighted by Crippen LogP contribution is 2.52. The van der Waals surface area contributed by atoms with Gasteiger partial charge in [-0.2, -0.15) is 0 Å². The Morgan fingerprint density at radius 2 is 2.10 bits per heavy atom. The number of hydrogen-bond donors (Lipinski definition) is 3. The Morgan fingerprint density at radius 3 is 2.48 bits per heavy atom. The van der Waals surface area contributed by atoms with E-state index >= 15 is 0 Å². The molecule has 122 valence electrons. The molecule has 1 rings (SSSR count). The molecule has 3 unspecified atom stereocenters. The van der Waals surface area contributed by atoms with Gasteiger partial charge in [0.2, 0.25) is 0 Å². The van der Waals surface area contributed by atoms with Gasteiger partial charge < -0.3 is 24.4 Å². The number of aliphatic hydroxyl groups excluding tert-OH is 2. The van der Waals surface area contributed by atoms with Crippen LogP contribution in [0.2, 0.25) is 0 Å². The Kier molecular flexibility index (Phi) is 6.42. The topological polar surface area (TPSA) is 96.2 Å². The summed E-state index contributed by atoms with van der Waals surface area (Å²) in [4.78, 5) is 9.77. The van der Waals surface area contributed by atoms with Crippen LogP contribution in [-0.4, -0.2) is 58.8 Å². The number of hydrogen-bond acceptors (Lipinski definition) is 5. The van der Waals surface area contributed by atoms with Gasteiger partial charge in [-0.3, -0.25) is 4.57 Å². The minimum Gasteiger partial charge on any atom is -0.387 e. The van der Waals surface area contributed by atoms with E-state index in [0.717, 1.165) is 0 Å². The molecule has 0 aromatic carbocycles. The zero-order valence-corrected chi connectivity index (χ0v) is 13.4. The summed E-state index contributed by atoms with van der Waals surface area (Å²) in [7, 11) is 1.14. The van der Waals surface area contributed by atoms with Crippen LogP contribution in [0.25, 0.3) is 0 Å². The van der Waals surface area contributed by atoms with Gasteiger partial charge in [-0.1, -0.05) is 13.8 Å². The van der Waals surface area contributed by atoms with E-state index in [9.17, 15) is 24.1 Å². The average molecular weight is 324 g/mol. The van der Waals surface area contributed by atoms with Gasteiger partial charge in [0.15, 0.2) is 5.85 Å². The lowest BCUT2D eigenvalue weighted by molar-refractivity contribution is -0.0386. The lowest BCUT2D eigenvalue weighted by Gasteiger charge is -2.34. The summed E-state index contributed by atoms with van der Waals surface area (Å²) in [5.41, 5.74) is -1.16. The Labute approximate surface area is 125 Å². The summed E-state index contributed by atoms with van der Waals surface area (Å²) in [5.74, 6) is -1.49. The van der Waals surface area contributed by atoms with Crippen molar-refractivity contribution in [2.45, 2.75) is 75.9 Å². The highest BCUT2D eigenvalue weighted by Gasteiger charge is 2.46. The number of ether oxygens (including phenoxy) is 1. The second-order valence-corrected chi connectivity index (χ2v) is 7.53. The molecule has 0 aromatic rings. The SMILES string of the molecule is [B][C@@H]1O[C@H](CC(C)(CC)OP(=O)(O)C(O)CC)[C@@H](O)[C@H]1F. The monoisotopic (exact) mass is 324 g/mol. The predicted octanol–water partition coefficient (Wildman–Crippen LogP) is 1.07. The molecular weight excluding hydrogens is 301 g/mol. The van der Waals surface area contributed by atoms with E-state index in [2.05, 4.69) is 0 Å². The van der Waals surface area contributed by atoms with Crippen molar-refractivity contribution in [2.75, 3.05) is 0 Å². The first-order chi connectivity index (χ1) is 9.56. The lowest BCUT2D eigenvalue weighted by Crippen LogP contribution is -2.38. The molecule has 2 radical (unpaired) electrons. The van der Waals surface area contributed by atoms with Crippen LogP contribution in [0, 0.1) is 0 Å². The smallest absolute Gasteiger partial charge is 0.356 e. The minimum absolute atomic E-state index is 0.0141. The van der Waals surface area contributed by atoms with Crippen molar-refractivity contribution >= 4 is 15.4 Å². The van der Waals surface area contributed by atoms with Gasteiger partial charge in [0, 0.05) is 6.42 Å². The Bertz CT molecular complexity index is 400. The Hall–Kier alpha value is 0.0249. The molecule has 6 nitrogen and oxygen atoms in total. The van der Waals surface area contributed by atoms with Crippen molar-refractivity contribution in [3.05, 3.63) is 0 Å². The van der Waals surface area contributed by atoms with Gasteiger partial charge in [0.1, 0.15) is 20.1 Å². The number of alkyl halides is 1. The van der Waals surface area contributed by atoms with Crippen LogP contribution in [0.3, 0.4) is 0 Å². The first-order valence-electron chi connectivity index (χ1n) is 7.00. The van der Waals surface area contributed by atoms with E-state index in [4.69, 9.17) is 17.1 Å². The van der Waals surface area contributed by atoms with Crippen molar-refractivity contribution in [2.24, 2.45) is 0 Å². The van der Waals surface area contributed by atoms with Crippen LogP contribution in [-0.2, 0) is 13.8 Å². The molecule has 1 saturated heterocycles. The van der Waals surface area contributed by atoms with E-state index in [1.165, 1.54) is 0 Å². The molecule has 0 saturated carbocycles. The van der Waals surface area contributed by atoms with Crippen molar-refractivity contribution in [1.82, 2.24) is 0 Å². The fourth-order valence-corrected chi connectivity index (χ4v) is 3.62. The molecule has 1 fully saturated rings. The molecule has 9 heteroatoms. The molecule has 7 atom stereocenters. The second-order valence-electron chi connectivity index (χ2n) is 5.63. The van der Waals surface area contributed by atoms with Gasteiger partial charge in [-0.15, -0.1) is 0 Å². The van der Waals surface area contributed by atoms with Crippen LogP contribution >= 0.6 is 7.60 Å². The van der Waals surface area contributed by atoms with Crippen LogP contribution in [0.15, 0.2) is 0 Å². The van der Waals surface area contributed by atoms with E-state index in [0.29, 0.717) is 6.42 Å². The largest absolute Gasteiger partial charge is 0.387 e. The zero-order valence-electron chi connectivity index (χ0n) is 12.5. The maximum atomic E-state index is 13.5. The average Bonchev–Trinajstić information content (AvgIpc) is 2.64. The van der Waals surface area contributed by atoms with Crippen molar-refractivity contribution in [1.29, 1.82) is 0 Å². The molecule has 0 spiro atoms. The molecule has 0 bridgehead atoms. The standard InChI is InChI=1S/C12H23BFO6P/c1-4-8(15)21(17,18)20-12(3,5-2)6-7-10(16)9(14)11(13)19-7/h7-11,15-16H,4-6H2,1-3H3,(H,17,18)/t7-,8?,9-,10-,11-,12?/m1/s1. The molecule has 0 aromatic heterocycles. The van der Waals surface area contributed by atoms with E-state index in [1.54, 1.807) is 20.8 Å². The highest BCUT2D eigenvalue weighted by molar-refractivity contribution is 7.53. The van der Waals surface area contributed by atoms with Crippen LogP contribution in [0.1, 0.15) is 40.0 Å². The second kappa shape index (κ2) is 7.07. The number of halogens is 1. The zero-order chi connectivity index (χ0) is 16.4. The molecule has 3 N–H and O–H groups in total. The first-order valence-corrected chi connectivity index (χ1v) is 8.65. The normalized spacial score (nSPS) is 36.9. The summed E-state index contributed by atoms with van der Waals surface area (Å²) < 4.78 is 35.8. The van der Waals surface area contributed by atoms with Gasteiger partial charge in [0.25, 0.3) is 0 Å². The Balaban J connectivity index is 2.79. The maximum Gasteiger partial charge on any atom is 0.356 e. The Morgan fingerprint density at radius 1 is 1.52 bits per heavy atom. The van der Waals surface area contributed by atoms with Crippen LogP contribution in [0.4, 0.5) is 4.39 Å². The van der Waals surface area contributed by atoms with Gasteiger partial charge in [-0.05, 0) is 19.8 Å². The molecule has 1 heterocycles. The van der Waals surface area contributed by atoms with E-state index < -0.39 is 43.4 Å². The highest BCUT2D eigenvalue weighted by atomic mass is 31.2. The van der Waals surface area contributed by atoms with Crippen molar-refractivity contribution in [3.63, 3.8) is 0 Å². The van der Waals surface area contributed by atoms with Gasteiger partial charge >= 0.3 is 7.60 Å². The van der Waals surface area contributed by atoms with E-state index in [-0.39, 0.29) is 12.8 Å². The fourth-order valence-electron chi connectivity index (χ4n) is 2.20. The first kappa shape index (κ1) is 19.1. The fraction of sp³-hybridized carbons (Fsp3) is 1.00. The van der Waals surface area contributed by atoms with Crippen LogP contribution < -0.4 is 0 Å². The van der Waals surface area contributed by atoms with E-state index in [1.807, 2.05) is 0 Å². The number of rotatable bonds is 7. The van der Waals surface area contributed by atoms with Crippen molar-refractivity contribution in [3.8, 4) is 0 Å². The van der Waals surface area contributed by atoms with Crippen LogP contribution in [0.5, 0.6) is 0 Å². The molecular formula is C12H23BFO6P. The summed E-state index contributed by atoms with van der Waals surface area (Å²) in [6.45, 7) is 4.81. The van der Waals surface area contributed by atoms with Gasteiger partial charge in [0.05, 0.1) is 17.7 Å². The van der Waals surface area contributed by atoms with Crippen molar-refractivity contribution < 1.29 is 33.3 Å². The number of aliphatic hydroxyl groups is 2. The third kappa shape index (κ3) is 4.50. The minimum atomic E-state index is -4.24. The molecule has 0 aliphatic carbocycles. The molecule has 1 aliphatic heterocycles. The predicted molar refractivity (Wildman–Crippen MR) is 75.8 cm³/mol. The molecule has 0 amide bonds. The molecule has 1 aliphatic rings. The summed E-state index contributed by atoms with van der Waals surface area (Å²) in [6, 6.07) is -1.23. The third-order valence-corrected chi connectivity index (χ3v) is 5.65. The quantitative estimate of drug-likeness (QED) is 0.479. The van der Waals surface area contributed by atoms with Gasteiger partial charge in [-0.25, -0.2) is 4.39 Å². The third-order valence-electron chi connectivity index (χ3n) is 3.83. The summed E-state index contributed by atoms with van der Waals surface area (Å²) in [6.07, 6.45) is -3.69. The molecule has 21 heavy (non-hydrogen) atoms. The maximum absolute atomic E-state index is 13.5. The summed E-state index contributed by atoms with van der Waals surface area (Å²) in [5, 5.41) is 19.3. The lowest BCUT2D eigenvalue weighted by atomic mass is 9.90.